The summed E-state index contributed by atoms with van der Waals surface area (Å²) in [6.07, 6.45) is 5.55. The molecule has 23 heavy (non-hydrogen) atoms. The van der Waals surface area contributed by atoms with Gasteiger partial charge in [0.25, 0.3) is 0 Å². The highest BCUT2D eigenvalue weighted by atomic mass is 32.1. The van der Waals surface area contributed by atoms with Gasteiger partial charge in [-0.2, -0.15) is 0 Å². The number of nitrogens with zero attached hydrogens (tertiary/aromatic N) is 3. The fourth-order valence-electron chi connectivity index (χ4n) is 2.95. The highest BCUT2D eigenvalue weighted by Gasteiger charge is 2.10. The third kappa shape index (κ3) is 1.92. The van der Waals surface area contributed by atoms with Gasteiger partial charge in [0.05, 0.1) is 21.4 Å². The van der Waals surface area contributed by atoms with Gasteiger partial charge in [-0.15, -0.1) is 11.3 Å². The molecule has 0 spiro atoms. The van der Waals surface area contributed by atoms with Crippen molar-refractivity contribution >= 4 is 42.5 Å². The summed E-state index contributed by atoms with van der Waals surface area (Å²) in [7, 11) is 0. The lowest BCUT2D eigenvalue weighted by molar-refractivity contribution is 1.36. The van der Waals surface area contributed by atoms with Crippen molar-refractivity contribution in [1.82, 2.24) is 15.0 Å². The van der Waals surface area contributed by atoms with E-state index >= 15 is 0 Å². The summed E-state index contributed by atoms with van der Waals surface area (Å²) in [6.45, 7) is 0. The van der Waals surface area contributed by atoms with Crippen molar-refractivity contribution in [2.45, 2.75) is 0 Å². The highest BCUT2D eigenvalue weighted by Crippen LogP contribution is 2.34. The van der Waals surface area contributed by atoms with Crippen molar-refractivity contribution < 1.29 is 0 Å². The van der Waals surface area contributed by atoms with Crippen LogP contribution in [-0.2, 0) is 0 Å². The Morgan fingerprint density at radius 3 is 2.74 bits per heavy atom. The molecule has 0 amide bonds. The number of benzene rings is 1. The molecule has 0 radical (unpaired) electrons. The van der Waals surface area contributed by atoms with Crippen molar-refractivity contribution in [2.75, 3.05) is 0 Å². The normalized spacial score (nSPS) is 11.5. The van der Waals surface area contributed by atoms with E-state index in [-0.39, 0.29) is 0 Å². The molecule has 0 fully saturated rings. The molecule has 5 rings (SSSR count). The quantitative estimate of drug-likeness (QED) is 0.434. The Hall–Kier alpha value is -2.85. The number of aromatic nitrogens is 3. The van der Waals surface area contributed by atoms with Gasteiger partial charge in [-0.05, 0) is 24.3 Å². The van der Waals surface area contributed by atoms with Gasteiger partial charge in [-0.3, -0.25) is 9.97 Å². The van der Waals surface area contributed by atoms with E-state index in [2.05, 4.69) is 46.4 Å². The predicted molar refractivity (Wildman–Crippen MR) is 95.7 cm³/mol. The molecule has 1 aromatic carbocycles. The van der Waals surface area contributed by atoms with Gasteiger partial charge >= 0.3 is 0 Å². The average molecular weight is 313 g/mol. The van der Waals surface area contributed by atoms with E-state index < -0.39 is 0 Å². The van der Waals surface area contributed by atoms with Gasteiger partial charge in [-0.1, -0.05) is 24.3 Å². The summed E-state index contributed by atoms with van der Waals surface area (Å²) in [5.74, 6) is 0. The number of hydrogen-bond donors (Lipinski definition) is 0. The van der Waals surface area contributed by atoms with Crippen LogP contribution < -0.4 is 0 Å². The maximum absolute atomic E-state index is 4.91. The Labute approximate surface area is 136 Å². The van der Waals surface area contributed by atoms with Crippen molar-refractivity contribution in [3.05, 3.63) is 67.1 Å². The first kappa shape index (κ1) is 12.7. The molecular formula is C19H11N3S. The number of hydrogen-bond acceptors (Lipinski definition) is 4. The summed E-state index contributed by atoms with van der Waals surface area (Å²) in [6, 6.07) is 16.5. The van der Waals surface area contributed by atoms with E-state index in [0.29, 0.717) is 0 Å². The standard InChI is InChI=1S/C19H11N3S/c1-3-12-4-2-9-21-18(12)13(5-1)15-6-7-17-19(22-15)14-11-20-10-8-16(14)23-17/h1-11H. The second-order valence-corrected chi connectivity index (χ2v) is 6.48. The van der Waals surface area contributed by atoms with Crippen molar-refractivity contribution in [3.63, 3.8) is 0 Å². The molecule has 0 saturated carbocycles. The molecule has 4 heteroatoms. The number of para-hydroxylation sites is 1. The van der Waals surface area contributed by atoms with E-state index in [1.165, 1.54) is 9.40 Å². The van der Waals surface area contributed by atoms with E-state index in [4.69, 9.17) is 4.98 Å². The number of thiophene rings is 1. The summed E-state index contributed by atoms with van der Waals surface area (Å²) in [5.41, 5.74) is 4.02. The van der Waals surface area contributed by atoms with E-state index in [9.17, 15) is 0 Å². The molecule has 0 aliphatic carbocycles. The van der Waals surface area contributed by atoms with E-state index in [0.717, 1.165) is 33.1 Å². The zero-order valence-corrected chi connectivity index (χ0v) is 12.9. The smallest absolute Gasteiger partial charge is 0.0911 e. The molecule has 0 unspecified atom stereocenters. The van der Waals surface area contributed by atoms with Crippen LogP contribution in [0.2, 0.25) is 0 Å². The molecular weight excluding hydrogens is 302 g/mol. The molecule has 108 valence electrons. The number of pyridine rings is 3. The molecule has 0 bridgehead atoms. The van der Waals surface area contributed by atoms with Crippen LogP contribution in [0.4, 0.5) is 0 Å². The van der Waals surface area contributed by atoms with Gasteiger partial charge in [0.15, 0.2) is 0 Å². The Balaban J connectivity index is 1.84. The van der Waals surface area contributed by atoms with Crippen molar-refractivity contribution in [1.29, 1.82) is 0 Å². The topological polar surface area (TPSA) is 38.7 Å². The summed E-state index contributed by atoms with van der Waals surface area (Å²) >= 11 is 1.75. The molecule has 0 atom stereocenters. The zero-order chi connectivity index (χ0) is 15.2. The zero-order valence-electron chi connectivity index (χ0n) is 12.1. The molecule has 0 aliphatic rings. The second-order valence-electron chi connectivity index (χ2n) is 5.40. The fraction of sp³-hybridized carbons (Fsp3) is 0. The average Bonchev–Trinajstić information content (AvgIpc) is 2.99. The van der Waals surface area contributed by atoms with Crippen LogP contribution in [0.25, 0.3) is 42.5 Å². The van der Waals surface area contributed by atoms with Gasteiger partial charge in [0.1, 0.15) is 0 Å². The summed E-state index contributed by atoms with van der Waals surface area (Å²) < 4.78 is 2.40. The minimum atomic E-state index is 0.949. The van der Waals surface area contributed by atoms with Crippen LogP contribution in [0.1, 0.15) is 0 Å². The lowest BCUT2D eigenvalue weighted by Crippen LogP contribution is -1.87. The highest BCUT2D eigenvalue weighted by molar-refractivity contribution is 7.25. The van der Waals surface area contributed by atoms with Gasteiger partial charge in [0, 0.05) is 39.6 Å². The number of rotatable bonds is 1. The maximum Gasteiger partial charge on any atom is 0.0911 e. The van der Waals surface area contributed by atoms with Crippen LogP contribution in [0.3, 0.4) is 0 Å². The Kier molecular flexibility index (Phi) is 2.66. The Bertz CT molecular complexity index is 1170. The number of fused-ring (bicyclic) bond motifs is 4. The van der Waals surface area contributed by atoms with Gasteiger partial charge in [-0.25, -0.2) is 4.98 Å². The van der Waals surface area contributed by atoms with Crippen LogP contribution in [0.15, 0.2) is 67.1 Å². The van der Waals surface area contributed by atoms with Crippen molar-refractivity contribution in [2.24, 2.45) is 0 Å². The third-order valence-corrected chi connectivity index (χ3v) is 5.15. The van der Waals surface area contributed by atoms with Crippen LogP contribution in [-0.4, -0.2) is 15.0 Å². The second kappa shape index (κ2) is 4.83. The molecule has 3 nitrogen and oxygen atoms in total. The Morgan fingerprint density at radius 1 is 0.783 bits per heavy atom. The largest absolute Gasteiger partial charge is 0.264 e. The van der Waals surface area contributed by atoms with Crippen LogP contribution in [0, 0.1) is 0 Å². The van der Waals surface area contributed by atoms with E-state index in [1.807, 2.05) is 30.7 Å². The maximum atomic E-state index is 4.91. The minimum Gasteiger partial charge on any atom is -0.264 e. The fourth-order valence-corrected chi connectivity index (χ4v) is 3.96. The van der Waals surface area contributed by atoms with Gasteiger partial charge < -0.3 is 0 Å². The van der Waals surface area contributed by atoms with Crippen LogP contribution in [0.5, 0.6) is 0 Å². The minimum absolute atomic E-state index is 0.949. The first-order valence-corrected chi connectivity index (χ1v) is 8.19. The van der Waals surface area contributed by atoms with Crippen LogP contribution >= 0.6 is 11.3 Å². The lowest BCUT2D eigenvalue weighted by atomic mass is 10.1. The molecule has 5 aromatic rings. The summed E-state index contributed by atoms with van der Waals surface area (Å²) in [5, 5.41) is 2.24. The molecule has 0 N–H and O–H groups in total. The monoisotopic (exact) mass is 313 g/mol. The molecule has 0 saturated heterocycles. The Morgan fingerprint density at radius 2 is 1.74 bits per heavy atom. The van der Waals surface area contributed by atoms with Crippen molar-refractivity contribution in [3.8, 4) is 11.3 Å². The molecule has 4 heterocycles. The first-order valence-electron chi connectivity index (χ1n) is 7.37. The van der Waals surface area contributed by atoms with E-state index in [1.54, 1.807) is 11.3 Å². The summed E-state index contributed by atoms with van der Waals surface area (Å²) in [4.78, 5) is 13.7. The molecule has 0 aliphatic heterocycles. The lowest BCUT2D eigenvalue weighted by Gasteiger charge is -2.05. The predicted octanol–water partition coefficient (Wildman–Crippen LogP) is 5.06. The SMILES string of the molecule is c1cnc2c(-c3ccc4sc5ccncc5c4n3)cccc2c1. The van der Waals surface area contributed by atoms with Gasteiger partial charge in [0.2, 0.25) is 0 Å². The third-order valence-electron chi connectivity index (χ3n) is 4.02. The molecule has 4 aromatic heterocycles. The first-order chi connectivity index (χ1) is 11.4.